The molecule has 10 heteroatoms. The molecule has 2 aliphatic rings. The molecule has 2 aromatic rings. The molecule has 188 valence electrons. The standard InChI is InChI=1S/C25H32BrN5O4/c1-15-16(2)23(33)31(22(15)32)28-21-12-17(19-7-6-18(26)13-20(19)27-21)14-29-8-10-30(11-9-29)24(34)35-25(3,4)5/h6-7,12-13,15-16H,8-11,14H2,1-5H3,(H,27,28). The number of amides is 3. The molecule has 0 spiro atoms. The Hall–Kier alpha value is -2.72. The van der Waals surface area contributed by atoms with Crippen LogP contribution in [-0.2, 0) is 20.9 Å². The van der Waals surface area contributed by atoms with Gasteiger partial charge in [0, 0.05) is 54.4 Å². The van der Waals surface area contributed by atoms with Gasteiger partial charge in [-0.1, -0.05) is 35.8 Å². The summed E-state index contributed by atoms with van der Waals surface area (Å²) in [4.78, 5) is 46.2. The molecule has 2 atom stereocenters. The Morgan fingerprint density at radius 2 is 1.71 bits per heavy atom. The van der Waals surface area contributed by atoms with Crippen LogP contribution in [-0.4, -0.2) is 69.5 Å². The Labute approximate surface area is 213 Å². The van der Waals surface area contributed by atoms with Gasteiger partial charge < -0.3 is 9.64 Å². The van der Waals surface area contributed by atoms with E-state index in [1.807, 2.05) is 45.0 Å². The summed E-state index contributed by atoms with van der Waals surface area (Å²) < 4.78 is 6.39. The molecule has 2 aliphatic heterocycles. The summed E-state index contributed by atoms with van der Waals surface area (Å²) >= 11 is 3.51. The molecule has 9 nitrogen and oxygen atoms in total. The molecular weight excluding hydrogens is 514 g/mol. The molecule has 35 heavy (non-hydrogen) atoms. The number of aromatic nitrogens is 1. The van der Waals surface area contributed by atoms with Gasteiger partial charge in [-0.15, -0.1) is 0 Å². The molecule has 1 aromatic heterocycles. The van der Waals surface area contributed by atoms with E-state index in [-0.39, 0.29) is 29.7 Å². The number of benzene rings is 1. The Balaban J connectivity index is 1.52. The molecule has 0 radical (unpaired) electrons. The van der Waals surface area contributed by atoms with Gasteiger partial charge in [0.15, 0.2) is 0 Å². The number of anilines is 1. The Morgan fingerprint density at radius 1 is 1.09 bits per heavy atom. The number of carbonyl (C=O) groups is 3. The molecule has 2 unspecified atom stereocenters. The van der Waals surface area contributed by atoms with Crippen molar-refractivity contribution < 1.29 is 19.1 Å². The number of halogens is 1. The summed E-state index contributed by atoms with van der Waals surface area (Å²) in [5.41, 5.74) is 4.22. The molecule has 0 saturated carbocycles. The van der Waals surface area contributed by atoms with Crippen LogP contribution in [0.2, 0.25) is 0 Å². The monoisotopic (exact) mass is 545 g/mol. The third kappa shape index (κ3) is 5.59. The molecule has 0 bridgehead atoms. The normalized spacial score (nSPS) is 21.7. The fraction of sp³-hybridized carbons (Fsp3) is 0.520. The topological polar surface area (TPSA) is 95.1 Å². The molecule has 1 aromatic carbocycles. The Morgan fingerprint density at radius 3 is 2.31 bits per heavy atom. The van der Waals surface area contributed by atoms with Crippen molar-refractivity contribution in [3.63, 3.8) is 0 Å². The first-order valence-corrected chi connectivity index (χ1v) is 12.7. The highest BCUT2D eigenvalue weighted by atomic mass is 79.9. The lowest BCUT2D eigenvalue weighted by molar-refractivity contribution is -0.138. The lowest BCUT2D eigenvalue weighted by Crippen LogP contribution is -2.49. The van der Waals surface area contributed by atoms with Crippen LogP contribution < -0.4 is 5.43 Å². The smallest absolute Gasteiger partial charge is 0.410 e. The molecule has 2 fully saturated rings. The first-order valence-electron chi connectivity index (χ1n) is 11.9. The molecule has 4 rings (SSSR count). The second-order valence-electron chi connectivity index (χ2n) is 10.3. The average Bonchev–Trinajstić information content (AvgIpc) is 2.96. The van der Waals surface area contributed by atoms with E-state index in [0.29, 0.717) is 38.5 Å². The average molecular weight is 546 g/mol. The number of hydrogen-bond acceptors (Lipinski definition) is 7. The number of hydrazine groups is 1. The van der Waals surface area contributed by atoms with Gasteiger partial charge in [-0.05, 0) is 44.5 Å². The maximum absolute atomic E-state index is 12.6. The van der Waals surface area contributed by atoms with E-state index >= 15 is 0 Å². The van der Waals surface area contributed by atoms with Crippen molar-refractivity contribution in [1.29, 1.82) is 0 Å². The number of nitrogens with one attached hydrogen (secondary N) is 1. The second kappa shape index (κ2) is 9.73. The molecular formula is C25H32BrN5O4. The maximum atomic E-state index is 12.6. The predicted molar refractivity (Wildman–Crippen MR) is 136 cm³/mol. The number of imide groups is 1. The SMILES string of the molecule is CC1C(=O)N(Nc2cc(CN3CCN(C(=O)OC(C)(C)C)CC3)c3ccc(Br)cc3n2)C(=O)C1C. The number of pyridine rings is 1. The van der Waals surface area contributed by atoms with Crippen molar-refractivity contribution in [2.45, 2.75) is 46.8 Å². The fourth-order valence-electron chi connectivity index (χ4n) is 4.29. The van der Waals surface area contributed by atoms with Crippen LogP contribution in [0.15, 0.2) is 28.7 Å². The fourth-order valence-corrected chi connectivity index (χ4v) is 4.64. The summed E-state index contributed by atoms with van der Waals surface area (Å²) in [7, 11) is 0. The van der Waals surface area contributed by atoms with Gasteiger partial charge in [-0.3, -0.25) is 19.9 Å². The lowest BCUT2D eigenvalue weighted by atomic mass is 10.00. The number of carbonyl (C=O) groups excluding carboxylic acids is 3. The van der Waals surface area contributed by atoms with Gasteiger partial charge in [0.25, 0.3) is 11.8 Å². The van der Waals surface area contributed by atoms with Gasteiger partial charge in [-0.25, -0.2) is 9.78 Å². The Bertz CT molecular complexity index is 1140. The molecule has 2 saturated heterocycles. The van der Waals surface area contributed by atoms with E-state index < -0.39 is 5.60 Å². The first kappa shape index (κ1) is 25.4. The van der Waals surface area contributed by atoms with Crippen LogP contribution in [0.4, 0.5) is 10.6 Å². The quantitative estimate of drug-likeness (QED) is 0.579. The third-order valence-corrected chi connectivity index (χ3v) is 6.96. The number of piperazine rings is 1. The van der Waals surface area contributed by atoms with Crippen LogP contribution in [0.1, 0.15) is 40.2 Å². The second-order valence-corrected chi connectivity index (χ2v) is 11.2. The minimum absolute atomic E-state index is 0.251. The highest BCUT2D eigenvalue weighted by Crippen LogP contribution is 2.29. The van der Waals surface area contributed by atoms with Crippen LogP contribution in [0.25, 0.3) is 10.9 Å². The summed E-state index contributed by atoms with van der Waals surface area (Å²) in [5.74, 6) is -0.798. The minimum atomic E-state index is -0.518. The van der Waals surface area contributed by atoms with E-state index in [0.717, 1.165) is 25.9 Å². The Kier molecular flexibility index (Phi) is 7.06. The van der Waals surface area contributed by atoms with Crippen LogP contribution in [0.3, 0.4) is 0 Å². The molecule has 3 amide bonds. The number of fused-ring (bicyclic) bond motifs is 1. The van der Waals surface area contributed by atoms with Gasteiger partial charge in [0.05, 0.1) is 5.52 Å². The summed E-state index contributed by atoms with van der Waals surface area (Å²) in [5, 5.41) is 2.08. The highest BCUT2D eigenvalue weighted by molar-refractivity contribution is 9.10. The third-order valence-electron chi connectivity index (χ3n) is 6.47. The van der Waals surface area contributed by atoms with E-state index in [4.69, 9.17) is 4.74 Å². The zero-order valence-corrected chi connectivity index (χ0v) is 22.4. The minimum Gasteiger partial charge on any atom is -0.444 e. The lowest BCUT2D eigenvalue weighted by Gasteiger charge is -2.35. The van der Waals surface area contributed by atoms with Gasteiger partial charge >= 0.3 is 6.09 Å². The predicted octanol–water partition coefficient (Wildman–Crippen LogP) is 4.02. The highest BCUT2D eigenvalue weighted by Gasteiger charge is 2.43. The van der Waals surface area contributed by atoms with Crippen molar-refractivity contribution in [2.24, 2.45) is 11.8 Å². The number of ether oxygens (including phenoxy) is 1. The van der Waals surface area contributed by atoms with Crippen LogP contribution in [0.5, 0.6) is 0 Å². The summed E-state index contributed by atoms with van der Waals surface area (Å²) in [6, 6.07) is 7.80. The zero-order valence-electron chi connectivity index (χ0n) is 20.8. The van der Waals surface area contributed by atoms with Gasteiger partial charge in [-0.2, -0.15) is 5.01 Å². The summed E-state index contributed by atoms with van der Waals surface area (Å²) in [6.07, 6.45) is -0.286. The van der Waals surface area contributed by atoms with E-state index in [1.54, 1.807) is 18.7 Å². The van der Waals surface area contributed by atoms with Crippen molar-refractivity contribution in [1.82, 2.24) is 19.8 Å². The largest absolute Gasteiger partial charge is 0.444 e. The van der Waals surface area contributed by atoms with E-state index in [9.17, 15) is 14.4 Å². The first-order chi connectivity index (χ1) is 16.4. The number of hydrogen-bond donors (Lipinski definition) is 1. The van der Waals surface area contributed by atoms with Crippen molar-refractivity contribution in [2.75, 3.05) is 31.6 Å². The van der Waals surface area contributed by atoms with Gasteiger partial charge in [0.2, 0.25) is 0 Å². The number of nitrogens with zero attached hydrogens (tertiary/aromatic N) is 4. The zero-order chi connectivity index (χ0) is 25.5. The van der Waals surface area contributed by atoms with Gasteiger partial charge in [0.1, 0.15) is 11.4 Å². The van der Waals surface area contributed by atoms with Crippen molar-refractivity contribution in [3.8, 4) is 0 Å². The van der Waals surface area contributed by atoms with Crippen molar-refractivity contribution >= 4 is 50.6 Å². The van der Waals surface area contributed by atoms with E-state index in [2.05, 4.69) is 31.2 Å². The van der Waals surface area contributed by atoms with E-state index in [1.165, 1.54) is 0 Å². The molecule has 3 heterocycles. The van der Waals surface area contributed by atoms with Crippen LogP contribution >= 0.6 is 15.9 Å². The summed E-state index contributed by atoms with van der Waals surface area (Å²) in [6.45, 7) is 12.4. The number of rotatable bonds is 4. The molecule has 1 N–H and O–H groups in total. The van der Waals surface area contributed by atoms with Crippen LogP contribution in [0, 0.1) is 11.8 Å². The maximum Gasteiger partial charge on any atom is 0.410 e. The molecule has 0 aliphatic carbocycles. The van der Waals surface area contributed by atoms with Crippen molar-refractivity contribution in [3.05, 3.63) is 34.3 Å².